The summed E-state index contributed by atoms with van der Waals surface area (Å²) in [5.41, 5.74) is 5.41. The number of nitrogens with zero attached hydrogens (tertiary/aromatic N) is 2. The molecule has 0 aliphatic rings. The highest BCUT2D eigenvalue weighted by molar-refractivity contribution is 5.57. The minimum Gasteiger partial charge on any atom is -0.370 e. The zero-order valence-corrected chi connectivity index (χ0v) is 15.3. The maximum atomic E-state index is 12.9. The lowest BCUT2D eigenvalue weighted by Crippen LogP contribution is -2.08. The highest BCUT2D eigenvalue weighted by atomic mass is 19.1. The lowest BCUT2D eigenvalue weighted by atomic mass is 10.1. The summed E-state index contributed by atoms with van der Waals surface area (Å²) in [7, 11) is 0. The second kappa shape index (κ2) is 7.95. The summed E-state index contributed by atoms with van der Waals surface area (Å²) in [6.07, 6.45) is 0.795. The third-order valence-electron chi connectivity index (χ3n) is 4.25. The highest BCUT2D eigenvalue weighted by Crippen LogP contribution is 2.19. The molecule has 0 aliphatic heterocycles. The molecule has 134 valence electrons. The van der Waals surface area contributed by atoms with Crippen LogP contribution in [0.15, 0.2) is 48.5 Å². The third-order valence-corrected chi connectivity index (χ3v) is 4.25. The minimum atomic E-state index is -0.213. The second-order valence-electron chi connectivity index (χ2n) is 6.45. The van der Waals surface area contributed by atoms with Crippen molar-refractivity contribution >= 4 is 17.5 Å². The van der Waals surface area contributed by atoms with Gasteiger partial charge in [0.15, 0.2) is 0 Å². The van der Waals surface area contributed by atoms with Crippen LogP contribution in [-0.2, 0) is 6.42 Å². The molecular weight excluding hydrogens is 327 g/mol. The van der Waals surface area contributed by atoms with Gasteiger partial charge in [0, 0.05) is 24.0 Å². The molecule has 1 aromatic heterocycles. The molecule has 0 aliphatic carbocycles. The largest absolute Gasteiger partial charge is 0.370 e. The summed E-state index contributed by atoms with van der Waals surface area (Å²) in [6.45, 7) is 6.83. The van der Waals surface area contributed by atoms with Crippen molar-refractivity contribution in [1.29, 1.82) is 0 Å². The first-order valence-electron chi connectivity index (χ1n) is 8.68. The van der Waals surface area contributed by atoms with Crippen molar-refractivity contribution in [2.45, 2.75) is 27.2 Å². The molecule has 0 atom stereocenters. The van der Waals surface area contributed by atoms with Crippen LogP contribution >= 0.6 is 0 Å². The number of hydrogen-bond donors (Lipinski definition) is 2. The van der Waals surface area contributed by atoms with E-state index in [4.69, 9.17) is 0 Å². The van der Waals surface area contributed by atoms with Gasteiger partial charge in [-0.15, -0.1) is 0 Å². The van der Waals surface area contributed by atoms with Gasteiger partial charge in [0.05, 0.1) is 0 Å². The second-order valence-corrected chi connectivity index (χ2v) is 6.45. The standard InChI is InChI=1S/C21H23FN4/c1-14-4-9-19(12-15(14)2)25-21-24-16(3)13-20(26-21)23-11-10-17-5-7-18(22)8-6-17/h4-9,12-13H,10-11H2,1-3H3,(H2,23,24,25,26). The molecule has 0 unspecified atom stereocenters. The molecule has 0 saturated heterocycles. The minimum absolute atomic E-state index is 0.213. The molecule has 26 heavy (non-hydrogen) atoms. The molecule has 0 radical (unpaired) electrons. The average Bonchev–Trinajstić information content (AvgIpc) is 2.59. The van der Waals surface area contributed by atoms with Gasteiger partial charge in [-0.05, 0) is 68.1 Å². The average molecular weight is 350 g/mol. The van der Waals surface area contributed by atoms with Crippen LogP contribution < -0.4 is 10.6 Å². The molecule has 4 nitrogen and oxygen atoms in total. The van der Waals surface area contributed by atoms with E-state index in [-0.39, 0.29) is 5.82 Å². The lowest BCUT2D eigenvalue weighted by Gasteiger charge is -2.11. The first kappa shape index (κ1) is 17.9. The van der Waals surface area contributed by atoms with Crippen LogP contribution in [0, 0.1) is 26.6 Å². The van der Waals surface area contributed by atoms with Crippen molar-refractivity contribution in [3.05, 3.63) is 76.7 Å². The summed E-state index contributed by atoms with van der Waals surface area (Å²) < 4.78 is 12.9. The van der Waals surface area contributed by atoms with Crippen LogP contribution in [0.25, 0.3) is 0 Å². The monoisotopic (exact) mass is 350 g/mol. The van der Waals surface area contributed by atoms with Crippen molar-refractivity contribution in [2.24, 2.45) is 0 Å². The van der Waals surface area contributed by atoms with Gasteiger partial charge in [-0.1, -0.05) is 18.2 Å². The first-order chi connectivity index (χ1) is 12.5. The fraction of sp³-hybridized carbons (Fsp3) is 0.238. The van der Waals surface area contributed by atoms with E-state index in [0.29, 0.717) is 12.5 Å². The van der Waals surface area contributed by atoms with Crippen molar-refractivity contribution in [3.8, 4) is 0 Å². The molecule has 2 N–H and O–H groups in total. The Morgan fingerprint density at radius 3 is 2.38 bits per heavy atom. The van der Waals surface area contributed by atoms with Gasteiger partial charge in [-0.25, -0.2) is 9.37 Å². The molecule has 1 heterocycles. The molecule has 2 aromatic carbocycles. The summed E-state index contributed by atoms with van der Waals surface area (Å²) >= 11 is 0. The molecular formula is C21H23FN4. The predicted molar refractivity (Wildman–Crippen MR) is 105 cm³/mol. The Kier molecular flexibility index (Phi) is 5.46. The fourth-order valence-corrected chi connectivity index (χ4v) is 2.65. The number of hydrogen-bond acceptors (Lipinski definition) is 4. The van der Waals surface area contributed by atoms with Gasteiger partial charge < -0.3 is 10.6 Å². The van der Waals surface area contributed by atoms with Gasteiger partial charge in [0.25, 0.3) is 0 Å². The normalized spacial score (nSPS) is 10.6. The molecule has 0 saturated carbocycles. The summed E-state index contributed by atoms with van der Waals surface area (Å²) in [5.74, 6) is 1.12. The van der Waals surface area contributed by atoms with Crippen LogP contribution in [0.5, 0.6) is 0 Å². The Balaban J connectivity index is 1.65. The number of benzene rings is 2. The van der Waals surface area contributed by atoms with Crippen LogP contribution in [0.3, 0.4) is 0 Å². The highest BCUT2D eigenvalue weighted by Gasteiger charge is 2.04. The number of aromatic nitrogens is 2. The lowest BCUT2D eigenvalue weighted by molar-refractivity contribution is 0.627. The number of anilines is 3. The number of nitrogens with one attached hydrogen (secondary N) is 2. The number of halogens is 1. The smallest absolute Gasteiger partial charge is 0.229 e. The van der Waals surface area contributed by atoms with E-state index in [2.05, 4.69) is 46.6 Å². The van der Waals surface area contributed by atoms with Crippen LogP contribution in [-0.4, -0.2) is 16.5 Å². The Bertz CT molecular complexity index is 891. The predicted octanol–water partition coefficient (Wildman–Crippen LogP) is 4.94. The van der Waals surface area contributed by atoms with Gasteiger partial charge in [0.1, 0.15) is 11.6 Å². The zero-order valence-electron chi connectivity index (χ0n) is 15.3. The first-order valence-corrected chi connectivity index (χ1v) is 8.68. The van der Waals surface area contributed by atoms with Gasteiger partial charge >= 0.3 is 0 Å². The molecule has 0 spiro atoms. The summed E-state index contributed by atoms with van der Waals surface area (Å²) in [5, 5.41) is 6.57. The Hall–Kier alpha value is -2.95. The Labute approximate surface area is 153 Å². The zero-order chi connectivity index (χ0) is 18.5. The number of aryl methyl sites for hydroxylation is 3. The molecule has 0 amide bonds. The van der Waals surface area contributed by atoms with E-state index in [1.807, 2.05) is 19.1 Å². The van der Waals surface area contributed by atoms with E-state index in [9.17, 15) is 4.39 Å². The van der Waals surface area contributed by atoms with Crippen LogP contribution in [0.4, 0.5) is 21.8 Å². The topological polar surface area (TPSA) is 49.8 Å². The molecule has 3 aromatic rings. The van der Waals surface area contributed by atoms with Crippen LogP contribution in [0.1, 0.15) is 22.4 Å². The maximum Gasteiger partial charge on any atom is 0.229 e. The summed E-state index contributed by atoms with van der Waals surface area (Å²) in [4.78, 5) is 8.99. The van der Waals surface area contributed by atoms with Gasteiger partial charge in [0.2, 0.25) is 5.95 Å². The molecule has 0 bridgehead atoms. The van der Waals surface area contributed by atoms with E-state index in [1.165, 1.54) is 23.3 Å². The fourth-order valence-electron chi connectivity index (χ4n) is 2.65. The van der Waals surface area contributed by atoms with Crippen molar-refractivity contribution in [2.75, 3.05) is 17.2 Å². The molecule has 0 fully saturated rings. The van der Waals surface area contributed by atoms with Gasteiger partial charge in [-0.2, -0.15) is 4.98 Å². The maximum absolute atomic E-state index is 12.9. The van der Waals surface area contributed by atoms with E-state index < -0.39 is 0 Å². The van der Waals surface area contributed by atoms with Crippen molar-refractivity contribution in [3.63, 3.8) is 0 Å². The Morgan fingerprint density at radius 1 is 0.885 bits per heavy atom. The number of rotatable bonds is 6. The SMILES string of the molecule is Cc1cc(NCCc2ccc(F)cc2)nc(Nc2ccc(C)c(C)c2)n1. The van der Waals surface area contributed by atoms with Crippen molar-refractivity contribution in [1.82, 2.24) is 9.97 Å². The van der Waals surface area contributed by atoms with E-state index in [0.717, 1.165) is 29.2 Å². The van der Waals surface area contributed by atoms with E-state index >= 15 is 0 Å². The Morgan fingerprint density at radius 2 is 1.65 bits per heavy atom. The summed E-state index contributed by atoms with van der Waals surface area (Å²) in [6, 6.07) is 14.7. The van der Waals surface area contributed by atoms with Crippen molar-refractivity contribution < 1.29 is 4.39 Å². The quantitative estimate of drug-likeness (QED) is 0.661. The van der Waals surface area contributed by atoms with Crippen LogP contribution in [0.2, 0.25) is 0 Å². The van der Waals surface area contributed by atoms with E-state index in [1.54, 1.807) is 12.1 Å². The third kappa shape index (κ3) is 4.79. The molecule has 5 heteroatoms. The molecule has 3 rings (SSSR count). The van der Waals surface area contributed by atoms with Gasteiger partial charge in [-0.3, -0.25) is 0 Å².